The van der Waals surface area contributed by atoms with Gasteiger partial charge >= 0.3 is 0 Å². The lowest BCUT2D eigenvalue weighted by molar-refractivity contribution is 0.1000. The largest absolute Gasteiger partial charge is 0.374 e. The number of aliphatic hydroxyl groups is 1. The van der Waals surface area contributed by atoms with Crippen molar-refractivity contribution in [1.82, 2.24) is 0 Å². The van der Waals surface area contributed by atoms with Crippen molar-refractivity contribution in [2.24, 2.45) is 0 Å². The summed E-state index contributed by atoms with van der Waals surface area (Å²) < 4.78 is 0. The molecule has 0 aromatic rings. The lowest BCUT2D eigenvalue weighted by Gasteiger charge is -2.11. The summed E-state index contributed by atoms with van der Waals surface area (Å²) >= 11 is 0. The van der Waals surface area contributed by atoms with Gasteiger partial charge in [0.2, 0.25) is 0 Å². The average molecular weight is 124 g/mol. The van der Waals surface area contributed by atoms with E-state index in [1.54, 1.807) is 19.1 Å². The van der Waals surface area contributed by atoms with Gasteiger partial charge in [0.15, 0.2) is 5.60 Å². The van der Waals surface area contributed by atoms with Crippen LogP contribution >= 0.6 is 0 Å². The normalized spacial score (nSPS) is 15.1. The van der Waals surface area contributed by atoms with Gasteiger partial charge in [-0.25, -0.2) is 0 Å². The molecule has 48 valence electrons. The Morgan fingerprint density at radius 2 is 2.11 bits per heavy atom. The van der Waals surface area contributed by atoms with Gasteiger partial charge in [0.25, 0.3) is 0 Å². The maximum absolute atomic E-state index is 9.05. The number of nitriles is 2. The van der Waals surface area contributed by atoms with Gasteiger partial charge in [-0.15, -0.1) is 0 Å². The van der Waals surface area contributed by atoms with Gasteiger partial charge in [0.05, 0.1) is 18.6 Å². The Balaban J connectivity index is 4.01. The van der Waals surface area contributed by atoms with Crippen LogP contribution in [-0.2, 0) is 0 Å². The van der Waals surface area contributed by atoms with Crippen molar-refractivity contribution in [3.8, 4) is 12.1 Å². The summed E-state index contributed by atoms with van der Waals surface area (Å²) in [6.07, 6.45) is 0.192. The first-order valence-corrected chi connectivity index (χ1v) is 2.69. The summed E-state index contributed by atoms with van der Waals surface area (Å²) in [5, 5.41) is 25.4. The highest BCUT2D eigenvalue weighted by atomic mass is 16.3. The molecule has 0 rings (SSSR count). The second-order valence-corrected chi connectivity index (χ2v) is 1.83. The summed E-state index contributed by atoms with van der Waals surface area (Å²) in [7, 11) is 0. The van der Waals surface area contributed by atoms with Crippen LogP contribution in [0.1, 0.15) is 19.8 Å². The minimum Gasteiger partial charge on any atom is -0.374 e. The Kier molecular flexibility index (Phi) is 2.70. The zero-order valence-electron chi connectivity index (χ0n) is 5.26. The van der Waals surface area contributed by atoms with Gasteiger partial charge in [-0.05, 0) is 6.42 Å². The first kappa shape index (κ1) is 7.94. The highest BCUT2D eigenvalue weighted by molar-refractivity contribution is 5.04. The van der Waals surface area contributed by atoms with E-state index in [2.05, 4.69) is 0 Å². The van der Waals surface area contributed by atoms with Crippen LogP contribution in [0.2, 0.25) is 0 Å². The van der Waals surface area contributed by atoms with E-state index in [0.29, 0.717) is 6.42 Å². The molecule has 0 amide bonds. The fraction of sp³-hybridized carbons (Fsp3) is 0.667. The molecule has 1 atom stereocenters. The molecule has 0 saturated heterocycles. The van der Waals surface area contributed by atoms with Crippen LogP contribution in [0.15, 0.2) is 0 Å². The minimum absolute atomic E-state index is 0.111. The number of hydrogen-bond acceptors (Lipinski definition) is 3. The second-order valence-electron chi connectivity index (χ2n) is 1.83. The van der Waals surface area contributed by atoms with Crippen LogP contribution in [-0.4, -0.2) is 10.7 Å². The number of hydrogen-bond donors (Lipinski definition) is 1. The van der Waals surface area contributed by atoms with Crippen LogP contribution in [0.3, 0.4) is 0 Å². The molecule has 9 heavy (non-hydrogen) atoms. The molecule has 3 heteroatoms. The quantitative estimate of drug-likeness (QED) is 0.547. The maximum Gasteiger partial charge on any atom is 0.163 e. The SMILES string of the molecule is CCC(O)(C#N)CC#N. The van der Waals surface area contributed by atoms with Gasteiger partial charge in [0.1, 0.15) is 0 Å². The van der Waals surface area contributed by atoms with Gasteiger partial charge in [-0.1, -0.05) is 6.92 Å². The Labute approximate surface area is 54.1 Å². The van der Waals surface area contributed by atoms with E-state index < -0.39 is 5.60 Å². The maximum atomic E-state index is 9.05. The van der Waals surface area contributed by atoms with Gasteiger partial charge in [-0.2, -0.15) is 10.5 Å². The predicted molar refractivity (Wildman–Crippen MR) is 31.1 cm³/mol. The van der Waals surface area contributed by atoms with Crippen molar-refractivity contribution in [2.45, 2.75) is 25.4 Å². The van der Waals surface area contributed by atoms with Crippen molar-refractivity contribution in [1.29, 1.82) is 10.5 Å². The first-order valence-electron chi connectivity index (χ1n) is 2.69. The topological polar surface area (TPSA) is 67.8 Å². The Morgan fingerprint density at radius 3 is 2.22 bits per heavy atom. The Bertz CT molecular complexity index is 165. The van der Waals surface area contributed by atoms with E-state index in [1.807, 2.05) is 0 Å². The third-order valence-electron chi connectivity index (χ3n) is 1.16. The van der Waals surface area contributed by atoms with Crippen LogP contribution in [0, 0.1) is 22.7 Å². The minimum atomic E-state index is -1.42. The van der Waals surface area contributed by atoms with Crippen LogP contribution in [0.4, 0.5) is 0 Å². The van der Waals surface area contributed by atoms with E-state index in [-0.39, 0.29) is 6.42 Å². The Morgan fingerprint density at radius 1 is 1.56 bits per heavy atom. The first-order chi connectivity index (χ1) is 4.18. The smallest absolute Gasteiger partial charge is 0.163 e. The van der Waals surface area contributed by atoms with Crippen molar-refractivity contribution in [3.05, 3.63) is 0 Å². The van der Waals surface area contributed by atoms with E-state index in [0.717, 1.165) is 0 Å². The lowest BCUT2D eigenvalue weighted by atomic mass is 10.00. The van der Waals surface area contributed by atoms with Crippen molar-refractivity contribution in [3.63, 3.8) is 0 Å². The molecule has 0 aliphatic rings. The molecule has 0 heterocycles. The summed E-state index contributed by atoms with van der Waals surface area (Å²) in [5.74, 6) is 0. The van der Waals surface area contributed by atoms with E-state index in [4.69, 9.17) is 15.6 Å². The molecule has 1 N–H and O–H groups in total. The second kappa shape index (κ2) is 3.06. The van der Waals surface area contributed by atoms with Crippen LogP contribution < -0.4 is 0 Å². The zero-order chi connectivity index (χ0) is 7.33. The van der Waals surface area contributed by atoms with E-state index in [1.165, 1.54) is 0 Å². The van der Waals surface area contributed by atoms with Crippen LogP contribution in [0.25, 0.3) is 0 Å². The predicted octanol–water partition coefficient (Wildman–Crippen LogP) is 0.565. The zero-order valence-corrected chi connectivity index (χ0v) is 5.26. The fourth-order valence-electron chi connectivity index (χ4n) is 0.374. The fourth-order valence-corrected chi connectivity index (χ4v) is 0.374. The molecule has 0 aliphatic heterocycles. The summed E-state index contributed by atoms with van der Waals surface area (Å²) in [6.45, 7) is 1.67. The monoisotopic (exact) mass is 124 g/mol. The van der Waals surface area contributed by atoms with Gasteiger partial charge in [0, 0.05) is 0 Å². The highest BCUT2D eigenvalue weighted by Crippen LogP contribution is 2.11. The van der Waals surface area contributed by atoms with E-state index in [9.17, 15) is 0 Å². The van der Waals surface area contributed by atoms with Crippen molar-refractivity contribution < 1.29 is 5.11 Å². The highest BCUT2D eigenvalue weighted by Gasteiger charge is 2.22. The van der Waals surface area contributed by atoms with Crippen molar-refractivity contribution >= 4 is 0 Å². The summed E-state index contributed by atoms with van der Waals surface area (Å²) in [6, 6.07) is 3.40. The molecule has 0 aliphatic carbocycles. The molecule has 0 aromatic carbocycles. The molecule has 1 unspecified atom stereocenters. The Hall–Kier alpha value is -1.06. The van der Waals surface area contributed by atoms with Gasteiger partial charge < -0.3 is 5.11 Å². The molecule has 0 saturated carbocycles. The molecule has 0 aromatic heterocycles. The third-order valence-corrected chi connectivity index (χ3v) is 1.16. The molecular weight excluding hydrogens is 116 g/mol. The number of nitrogens with zero attached hydrogens (tertiary/aromatic N) is 2. The molecular formula is C6H8N2O. The van der Waals surface area contributed by atoms with Crippen molar-refractivity contribution in [2.75, 3.05) is 0 Å². The summed E-state index contributed by atoms with van der Waals surface area (Å²) in [5.41, 5.74) is -1.42. The van der Waals surface area contributed by atoms with Gasteiger partial charge in [-0.3, -0.25) is 0 Å². The third kappa shape index (κ3) is 2.12. The summed E-state index contributed by atoms with van der Waals surface area (Å²) in [4.78, 5) is 0. The van der Waals surface area contributed by atoms with Crippen LogP contribution in [0.5, 0.6) is 0 Å². The molecule has 0 radical (unpaired) electrons. The molecule has 0 fully saturated rings. The number of rotatable bonds is 2. The molecule has 3 nitrogen and oxygen atoms in total. The lowest BCUT2D eigenvalue weighted by Crippen LogP contribution is -2.23. The molecule has 0 bridgehead atoms. The standard InChI is InChI=1S/C6H8N2O/c1-2-6(9,5-8)3-4-7/h9H,2-3H2,1H3. The average Bonchev–Trinajstić information content (AvgIpc) is 1.89. The van der Waals surface area contributed by atoms with E-state index >= 15 is 0 Å². The molecule has 0 spiro atoms.